The topological polar surface area (TPSA) is 92.4 Å². The van der Waals surface area contributed by atoms with E-state index in [0.29, 0.717) is 23.9 Å². The van der Waals surface area contributed by atoms with Crippen LogP contribution < -0.4 is 20.7 Å². The molecule has 2 heterocycles. The number of halogens is 1. The standard InChI is InChI=1S/C23H29ClN4O3/c1-13(2)23(30)26-11-15-5-7-18(24)17(9-15)22-27-19(10-20(29)28-22)16-6-8-21(25-12-16)31-14(3)4/h5-9,12-14,19,22,27H,10-11H2,1-4H3,(H,26,30)(H,28,29). The van der Waals surface area contributed by atoms with Crippen molar-refractivity contribution in [3.05, 3.63) is 58.2 Å². The molecule has 1 aliphatic rings. The lowest BCUT2D eigenvalue weighted by atomic mass is 9.99. The Morgan fingerprint density at radius 2 is 2.03 bits per heavy atom. The highest BCUT2D eigenvalue weighted by molar-refractivity contribution is 6.31. The molecule has 1 aliphatic heterocycles. The van der Waals surface area contributed by atoms with Gasteiger partial charge >= 0.3 is 0 Å². The fourth-order valence-corrected chi connectivity index (χ4v) is 3.54. The molecule has 2 aromatic rings. The van der Waals surface area contributed by atoms with E-state index >= 15 is 0 Å². The molecule has 31 heavy (non-hydrogen) atoms. The van der Waals surface area contributed by atoms with Crippen LogP contribution in [0.2, 0.25) is 5.02 Å². The number of hydrogen-bond donors (Lipinski definition) is 3. The Morgan fingerprint density at radius 3 is 2.68 bits per heavy atom. The highest BCUT2D eigenvalue weighted by Crippen LogP contribution is 2.30. The van der Waals surface area contributed by atoms with Crippen molar-refractivity contribution in [3.63, 3.8) is 0 Å². The van der Waals surface area contributed by atoms with Crippen LogP contribution in [0.5, 0.6) is 5.88 Å². The van der Waals surface area contributed by atoms with Gasteiger partial charge in [-0.25, -0.2) is 4.98 Å². The number of amides is 2. The molecule has 7 nitrogen and oxygen atoms in total. The van der Waals surface area contributed by atoms with Gasteiger partial charge in [-0.3, -0.25) is 14.9 Å². The smallest absolute Gasteiger partial charge is 0.223 e. The molecule has 166 valence electrons. The van der Waals surface area contributed by atoms with Gasteiger partial charge in [0, 0.05) is 47.8 Å². The van der Waals surface area contributed by atoms with Gasteiger partial charge in [-0.2, -0.15) is 0 Å². The van der Waals surface area contributed by atoms with Gasteiger partial charge in [0.25, 0.3) is 0 Å². The monoisotopic (exact) mass is 444 g/mol. The van der Waals surface area contributed by atoms with Crippen LogP contribution in [0.1, 0.15) is 63.0 Å². The van der Waals surface area contributed by atoms with Gasteiger partial charge in [-0.1, -0.05) is 37.6 Å². The fourth-order valence-electron chi connectivity index (χ4n) is 3.32. The van der Waals surface area contributed by atoms with Gasteiger partial charge < -0.3 is 15.4 Å². The molecular formula is C23H29ClN4O3. The fraction of sp³-hybridized carbons (Fsp3) is 0.435. The quantitative estimate of drug-likeness (QED) is 0.606. The van der Waals surface area contributed by atoms with E-state index in [1.54, 1.807) is 12.3 Å². The third-order valence-electron chi connectivity index (χ3n) is 4.94. The molecule has 1 saturated heterocycles. The number of aromatic nitrogens is 1. The summed E-state index contributed by atoms with van der Waals surface area (Å²) >= 11 is 6.45. The SMILES string of the molecule is CC(C)Oc1ccc(C2CC(=O)NC(c3cc(CNC(=O)C(C)C)ccc3Cl)N2)cn1. The van der Waals surface area contributed by atoms with E-state index < -0.39 is 6.17 Å². The van der Waals surface area contributed by atoms with Crippen molar-refractivity contribution in [1.29, 1.82) is 0 Å². The number of pyridine rings is 1. The van der Waals surface area contributed by atoms with E-state index in [1.165, 1.54) is 0 Å². The van der Waals surface area contributed by atoms with Gasteiger partial charge in [0.1, 0.15) is 6.17 Å². The highest BCUT2D eigenvalue weighted by atomic mass is 35.5. The molecule has 0 bridgehead atoms. The largest absolute Gasteiger partial charge is 0.475 e. The predicted octanol–water partition coefficient (Wildman–Crippen LogP) is 3.64. The first-order chi connectivity index (χ1) is 14.7. The summed E-state index contributed by atoms with van der Waals surface area (Å²) in [6.45, 7) is 7.98. The average Bonchev–Trinajstić information content (AvgIpc) is 2.72. The van der Waals surface area contributed by atoms with Crippen molar-refractivity contribution in [2.45, 2.75) is 59.0 Å². The Bertz CT molecular complexity index is 931. The molecule has 3 N–H and O–H groups in total. The number of carbonyl (C=O) groups is 2. The number of hydrogen-bond acceptors (Lipinski definition) is 5. The first kappa shape index (κ1) is 23.0. The summed E-state index contributed by atoms with van der Waals surface area (Å²) in [5.41, 5.74) is 2.56. The molecule has 0 saturated carbocycles. The maximum atomic E-state index is 12.4. The number of benzene rings is 1. The molecular weight excluding hydrogens is 416 g/mol. The zero-order valence-electron chi connectivity index (χ0n) is 18.2. The number of nitrogens with one attached hydrogen (secondary N) is 3. The number of nitrogens with zero attached hydrogens (tertiary/aromatic N) is 1. The van der Waals surface area contributed by atoms with E-state index in [4.69, 9.17) is 16.3 Å². The second kappa shape index (κ2) is 10.1. The summed E-state index contributed by atoms with van der Waals surface area (Å²) in [4.78, 5) is 28.7. The van der Waals surface area contributed by atoms with Crippen molar-refractivity contribution in [3.8, 4) is 5.88 Å². The second-order valence-electron chi connectivity index (χ2n) is 8.25. The first-order valence-corrected chi connectivity index (χ1v) is 10.8. The van der Waals surface area contributed by atoms with E-state index in [9.17, 15) is 9.59 Å². The summed E-state index contributed by atoms with van der Waals surface area (Å²) in [7, 11) is 0. The minimum atomic E-state index is -0.453. The molecule has 0 aliphatic carbocycles. The lowest BCUT2D eigenvalue weighted by Gasteiger charge is -2.32. The summed E-state index contributed by atoms with van der Waals surface area (Å²) in [6, 6.07) is 9.07. The van der Waals surface area contributed by atoms with Crippen LogP contribution in [-0.2, 0) is 16.1 Å². The molecule has 0 radical (unpaired) electrons. The zero-order valence-corrected chi connectivity index (χ0v) is 19.0. The minimum Gasteiger partial charge on any atom is -0.475 e. The Morgan fingerprint density at radius 1 is 1.26 bits per heavy atom. The van der Waals surface area contributed by atoms with Crippen LogP contribution in [0, 0.1) is 5.92 Å². The molecule has 0 spiro atoms. The average molecular weight is 445 g/mol. The zero-order chi connectivity index (χ0) is 22.5. The Balaban J connectivity index is 1.75. The Hall–Kier alpha value is -2.64. The van der Waals surface area contributed by atoms with Crippen molar-refractivity contribution >= 4 is 23.4 Å². The van der Waals surface area contributed by atoms with Gasteiger partial charge in [0.05, 0.1) is 6.10 Å². The molecule has 1 aromatic carbocycles. The lowest BCUT2D eigenvalue weighted by molar-refractivity contribution is -0.125. The Kier molecular flexibility index (Phi) is 7.51. The number of carbonyl (C=O) groups excluding carboxylic acids is 2. The summed E-state index contributed by atoms with van der Waals surface area (Å²) in [5.74, 6) is 0.372. The molecule has 2 unspecified atom stereocenters. The van der Waals surface area contributed by atoms with Crippen LogP contribution in [0.3, 0.4) is 0 Å². The minimum absolute atomic E-state index is 0.0157. The molecule has 3 rings (SSSR count). The summed E-state index contributed by atoms with van der Waals surface area (Å²) < 4.78 is 5.59. The molecule has 8 heteroatoms. The number of ether oxygens (including phenoxy) is 1. The van der Waals surface area contributed by atoms with Crippen molar-refractivity contribution < 1.29 is 14.3 Å². The lowest BCUT2D eigenvalue weighted by Crippen LogP contribution is -2.46. The van der Waals surface area contributed by atoms with Gasteiger partial charge in [0.2, 0.25) is 17.7 Å². The van der Waals surface area contributed by atoms with Crippen LogP contribution in [0.15, 0.2) is 36.5 Å². The van der Waals surface area contributed by atoms with E-state index in [0.717, 1.165) is 16.7 Å². The van der Waals surface area contributed by atoms with E-state index in [2.05, 4.69) is 20.9 Å². The van der Waals surface area contributed by atoms with Crippen LogP contribution >= 0.6 is 11.6 Å². The van der Waals surface area contributed by atoms with Crippen molar-refractivity contribution in [2.75, 3.05) is 0 Å². The first-order valence-electron chi connectivity index (χ1n) is 10.5. The maximum absolute atomic E-state index is 12.4. The maximum Gasteiger partial charge on any atom is 0.223 e. The summed E-state index contributed by atoms with van der Waals surface area (Å²) in [6.07, 6.45) is 1.61. The number of rotatable bonds is 7. The van der Waals surface area contributed by atoms with E-state index in [-0.39, 0.29) is 29.9 Å². The molecule has 1 aromatic heterocycles. The van der Waals surface area contributed by atoms with E-state index in [1.807, 2.05) is 52.0 Å². The van der Waals surface area contributed by atoms with Crippen LogP contribution in [0.4, 0.5) is 0 Å². The van der Waals surface area contributed by atoms with Crippen molar-refractivity contribution in [2.24, 2.45) is 5.92 Å². The third-order valence-corrected chi connectivity index (χ3v) is 5.29. The second-order valence-corrected chi connectivity index (χ2v) is 8.66. The van der Waals surface area contributed by atoms with Gasteiger partial charge in [0.15, 0.2) is 0 Å². The Labute approximate surface area is 187 Å². The van der Waals surface area contributed by atoms with Crippen LogP contribution in [-0.4, -0.2) is 22.9 Å². The van der Waals surface area contributed by atoms with Gasteiger partial charge in [-0.05, 0) is 37.1 Å². The normalized spacial score (nSPS) is 18.7. The van der Waals surface area contributed by atoms with Crippen LogP contribution in [0.25, 0.3) is 0 Å². The predicted molar refractivity (Wildman–Crippen MR) is 120 cm³/mol. The highest BCUT2D eigenvalue weighted by Gasteiger charge is 2.29. The molecule has 1 fully saturated rings. The third kappa shape index (κ3) is 6.18. The molecule has 2 amide bonds. The molecule has 2 atom stereocenters. The van der Waals surface area contributed by atoms with Crippen molar-refractivity contribution in [1.82, 2.24) is 20.9 Å². The van der Waals surface area contributed by atoms with Gasteiger partial charge in [-0.15, -0.1) is 0 Å². The summed E-state index contributed by atoms with van der Waals surface area (Å²) in [5, 5.41) is 9.84.